The molecule has 1 heterocycles. The van der Waals surface area contributed by atoms with E-state index in [1.807, 2.05) is 19.1 Å². The van der Waals surface area contributed by atoms with Crippen LogP contribution in [-0.2, 0) is 9.53 Å². The summed E-state index contributed by atoms with van der Waals surface area (Å²) in [4.78, 5) is 24.6. The summed E-state index contributed by atoms with van der Waals surface area (Å²) in [7, 11) is 0. The molecule has 0 aromatic heterocycles. The highest BCUT2D eigenvalue weighted by atomic mass is 16.5. The quantitative estimate of drug-likeness (QED) is 0.306. The molecule has 0 saturated heterocycles. The van der Waals surface area contributed by atoms with E-state index in [1.54, 1.807) is 0 Å². The number of ether oxygens (including phenoxy) is 1. The number of aliphatic carboxylic acids is 1. The van der Waals surface area contributed by atoms with Gasteiger partial charge >= 0.3 is 5.97 Å². The monoisotopic (exact) mass is 390 g/mol. The third-order valence-electron chi connectivity index (χ3n) is 4.84. The van der Waals surface area contributed by atoms with Gasteiger partial charge in [-0.25, -0.2) is 4.79 Å². The molecule has 0 unspecified atom stereocenters. The van der Waals surface area contributed by atoms with Crippen molar-refractivity contribution in [2.45, 2.75) is 44.6 Å². The highest BCUT2D eigenvalue weighted by molar-refractivity contribution is 6.02. The molecule has 28 heavy (non-hydrogen) atoms. The molecule has 0 bridgehead atoms. The Morgan fingerprint density at radius 2 is 2.04 bits per heavy atom. The Morgan fingerprint density at radius 1 is 1.29 bits per heavy atom. The first kappa shape index (κ1) is 21.7. The number of aliphatic hydroxyl groups is 1. The maximum absolute atomic E-state index is 12.6. The average molecular weight is 390 g/mol. The molecule has 0 fully saturated rings. The van der Waals surface area contributed by atoms with Gasteiger partial charge in [0.15, 0.2) is 11.4 Å². The fraction of sp³-hybridized carbons (Fsp3) is 0.429. The molecule has 152 valence electrons. The van der Waals surface area contributed by atoms with Crippen molar-refractivity contribution < 1.29 is 34.8 Å². The zero-order valence-electron chi connectivity index (χ0n) is 15.9. The lowest BCUT2D eigenvalue weighted by Crippen LogP contribution is -2.43. The minimum absolute atomic E-state index is 0.00166. The van der Waals surface area contributed by atoms with E-state index in [4.69, 9.17) is 9.84 Å². The summed E-state index contributed by atoms with van der Waals surface area (Å²) in [5.74, 6) is -2.35. The topological polar surface area (TPSA) is 124 Å². The standard InChI is InChI=1S/C21H26O7/c1-14(12-22)4-2-5-15-6-3-9-21(20(26)27,28-13-15)11-19(25)17-10-16(23)7-8-18(17)24/h4,6-8,10,22-24H,2-3,5,9,11-13H2,1H3,(H,26,27)/b14-4+/t21-/m0/s1. The number of benzene rings is 1. The number of carboxylic acids is 1. The van der Waals surface area contributed by atoms with Crippen molar-refractivity contribution in [1.82, 2.24) is 0 Å². The highest BCUT2D eigenvalue weighted by Gasteiger charge is 2.43. The van der Waals surface area contributed by atoms with Gasteiger partial charge in [-0.1, -0.05) is 17.7 Å². The van der Waals surface area contributed by atoms with Crippen LogP contribution in [0.3, 0.4) is 0 Å². The number of carbonyl (C=O) groups is 2. The van der Waals surface area contributed by atoms with E-state index in [2.05, 4.69) is 0 Å². The summed E-state index contributed by atoms with van der Waals surface area (Å²) in [6.07, 6.45) is 5.37. The molecule has 0 radical (unpaired) electrons. The van der Waals surface area contributed by atoms with E-state index in [9.17, 15) is 24.9 Å². The first-order valence-corrected chi connectivity index (χ1v) is 9.14. The Balaban J connectivity index is 2.10. The Kier molecular flexibility index (Phi) is 7.37. The van der Waals surface area contributed by atoms with Gasteiger partial charge in [0, 0.05) is 0 Å². The second-order valence-corrected chi connectivity index (χ2v) is 7.04. The lowest BCUT2D eigenvalue weighted by molar-refractivity contribution is -0.165. The number of hydrogen-bond acceptors (Lipinski definition) is 6. The van der Waals surface area contributed by atoms with E-state index in [-0.39, 0.29) is 36.7 Å². The minimum Gasteiger partial charge on any atom is -0.508 e. The molecule has 2 rings (SSSR count). The van der Waals surface area contributed by atoms with Crippen LogP contribution in [0.1, 0.15) is 49.4 Å². The summed E-state index contributed by atoms with van der Waals surface area (Å²) in [6.45, 7) is 1.93. The van der Waals surface area contributed by atoms with E-state index < -0.39 is 23.8 Å². The number of carbonyl (C=O) groups excluding carboxylic acids is 1. The van der Waals surface area contributed by atoms with Crippen LogP contribution in [0.2, 0.25) is 0 Å². The fourth-order valence-corrected chi connectivity index (χ4v) is 3.10. The molecular formula is C21H26O7. The molecule has 1 aliphatic rings. The van der Waals surface area contributed by atoms with Gasteiger partial charge in [-0.3, -0.25) is 4.79 Å². The van der Waals surface area contributed by atoms with Crippen molar-refractivity contribution in [3.63, 3.8) is 0 Å². The van der Waals surface area contributed by atoms with E-state index in [0.29, 0.717) is 19.3 Å². The normalized spacial score (nSPS) is 20.4. The Bertz CT molecular complexity index is 794. The summed E-state index contributed by atoms with van der Waals surface area (Å²) < 4.78 is 5.71. The molecule has 0 saturated carbocycles. The van der Waals surface area contributed by atoms with Crippen LogP contribution < -0.4 is 0 Å². The number of hydrogen-bond donors (Lipinski definition) is 4. The van der Waals surface area contributed by atoms with Crippen LogP contribution >= 0.6 is 0 Å². The molecule has 1 atom stereocenters. The third-order valence-corrected chi connectivity index (χ3v) is 4.84. The molecule has 1 aromatic carbocycles. The van der Waals surface area contributed by atoms with Gasteiger partial charge in [0.1, 0.15) is 11.5 Å². The summed E-state index contributed by atoms with van der Waals surface area (Å²) in [6, 6.07) is 3.54. The van der Waals surface area contributed by atoms with Gasteiger partial charge in [0.25, 0.3) is 0 Å². The van der Waals surface area contributed by atoms with Crippen molar-refractivity contribution in [3.05, 3.63) is 47.1 Å². The van der Waals surface area contributed by atoms with Gasteiger partial charge < -0.3 is 25.2 Å². The van der Waals surface area contributed by atoms with Crippen molar-refractivity contribution >= 4 is 11.8 Å². The van der Waals surface area contributed by atoms with Crippen molar-refractivity contribution in [1.29, 1.82) is 0 Å². The number of aliphatic hydroxyl groups excluding tert-OH is 1. The predicted octanol–water partition coefficient (Wildman–Crippen LogP) is 2.95. The van der Waals surface area contributed by atoms with Crippen LogP contribution in [0.5, 0.6) is 11.5 Å². The van der Waals surface area contributed by atoms with Crippen molar-refractivity contribution in [2.24, 2.45) is 0 Å². The van der Waals surface area contributed by atoms with E-state index in [0.717, 1.165) is 17.2 Å². The number of carboxylic acid groups (broad SMARTS) is 1. The molecule has 1 aliphatic heterocycles. The zero-order valence-corrected chi connectivity index (χ0v) is 15.9. The summed E-state index contributed by atoms with van der Waals surface area (Å²) >= 11 is 0. The minimum atomic E-state index is -1.69. The molecule has 1 aromatic rings. The molecule has 0 spiro atoms. The van der Waals surface area contributed by atoms with Crippen LogP contribution in [0, 0.1) is 0 Å². The fourth-order valence-electron chi connectivity index (χ4n) is 3.10. The Hall–Kier alpha value is -2.64. The number of phenols is 2. The van der Waals surface area contributed by atoms with Crippen LogP contribution in [0.15, 0.2) is 41.5 Å². The summed E-state index contributed by atoms with van der Waals surface area (Å²) in [5, 5.41) is 38.2. The third kappa shape index (κ3) is 5.43. The van der Waals surface area contributed by atoms with Crippen LogP contribution in [0.4, 0.5) is 0 Å². The highest BCUT2D eigenvalue weighted by Crippen LogP contribution is 2.32. The number of ketones is 1. The molecule has 7 heteroatoms. The average Bonchev–Trinajstić information content (AvgIpc) is 2.86. The van der Waals surface area contributed by atoms with Crippen molar-refractivity contribution in [3.8, 4) is 11.5 Å². The number of Topliss-reactive ketones (excluding diaryl/α,β-unsaturated/α-hetero) is 1. The van der Waals surface area contributed by atoms with Crippen LogP contribution in [0.25, 0.3) is 0 Å². The Morgan fingerprint density at radius 3 is 2.71 bits per heavy atom. The van der Waals surface area contributed by atoms with Gasteiger partial charge in [-0.2, -0.15) is 0 Å². The molecule has 0 aliphatic carbocycles. The molecule has 4 N–H and O–H groups in total. The second-order valence-electron chi connectivity index (χ2n) is 7.04. The SMILES string of the molecule is C/C(=C\CCC1=CCC[C@](CC(=O)c2cc(O)ccc2O)(C(=O)O)OC1)CO. The largest absolute Gasteiger partial charge is 0.508 e. The van der Waals surface area contributed by atoms with Gasteiger partial charge in [-0.05, 0) is 56.4 Å². The van der Waals surface area contributed by atoms with Gasteiger partial charge in [-0.15, -0.1) is 0 Å². The van der Waals surface area contributed by atoms with Crippen molar-refractivity contribution in [2.75, 3.05) is 13.2 Å². The first-order valence-electron chi connectivity index (χ1n) is 9.14. The molecular weight excluding hydrogens is 364 g/mol. The lowest BCUT2D eigenvalue weighted by atomic mass is 9.89. The van der Waals surface area contributed by atoms with Gasteiger partial charge in [0.05, 0.1) is 25.2 Å². The van der Waals surface area contributed by atoms with E-state index in [1.165, 1.54) is 12.1 Å². The Labute approximate surface area is 163 Å². The number of phenolic OH excluding ortho intramolecular Hbond substituents is 2. The number of rotatable bonds is 8. The molecule has 7 nitrogen and oxygen atoms in total. The smallest absolute Gasteiger partial charge is 0.336 e. The maximum atomic E-state index is 12.6. The van der Waals surface area contributed by atoms with E-state index >= 15 is 0 Å². The summed E-state index contributed by atoms with van der Waals surface area (Å²) in [5.41, 5.74) is -0.0139. The van der Waals surface area contributed by atoms with Crippen LogP contribution in [-0.4, -0.2) is 51.0 Å². The second kappa shape index (κ2) is 9.52. The van der Waals surface area contributed by atoms with Gasteiger partial charge in [0.2, 0.25) is 0 Å². The lowest BCUT2D eigenvalue weighted by Gasteiger charge is -2.28. The zero-order chi connectivity index (χ0) is 20.7. The predicted molar refractivity (Wildman–Crippen MR) is 102 cm³/mol. The first-order chi connectivity index (χ1) is 13.3. The number of allylic oxidation sites excluding steroid dienone is 2. The molecule has 0 amide bonds. The number of aromatic hydroxyl groups is 2. The maximum Gasteiger partial charge on any atom is 0.336 e.